The zero-order valence-corrected chi connectivity index (χ0v) is 35.0. The number of unbranched alkanes of at least 4 members (excludes halogenated alkanes) is 31. The molecular formula is C47H91NO4. The predicted octanol–water partition coefficient (Wildman–Crippen LogP) is 13.4. The van der Waals surface area contributed by atoms with Gasteiger partial charge in [-0.2, -0.15) is 0 Å². The van der Waals surface area contributed by atoms with Gasteiger partial charge in [0.05, 0.1) is 31.3 Å². The maximum absolute atomic E-state index is 12.4. The zero-order valence-electron chi connectivity index (χ0n) is 35.0. The van der Waals surface area contributed by atoms with Crippen LogP contribution in [0.1, 0.15) is 245 Å². The minimum atomic E-state index is -0.929. The van der Waals surface area contributed by atoms with Crippen molar-refractivity contribution >= 4 is 5.91 Å². The number of amides is 1. The average Bonchev–Trinajstić information content (AvgIpc) is 3.14. The maximum Gasteiger partial charge on any atom is 0.222 e. The number of aliphatic hydroxyl groups is 3. The van der Waals surface area contributed by atoms with E-state index in [0.29, 0.717) is 6.42 Å². The Morgan fingerprint density at radius 1 is 0.481 bits per heavy atom. The summed E-state index contributed by atoms with van der Waals surface area (Å²) in [6.07, 6.45) is 51.8. The van der Waals surface area contributed by atoms with Crippen LogP contribution in [0.5, 0.6) is 0 Å². The van der Waals surface area contributed by atoms with Crippen LogP contribution < -0.4 is 5.32 Å². The van der Waals surface area contributed by atoms with Gasteiger partial charge in [-0.3, -0.25) is 4.79 Å². The van der Waals surface area contributed by atoms with Crippen molar-refractivity contribution in [1.29, 1.82) is 0 Å². The Hall–Kier alpha value is -1.17. The largest absolute Gasteiger partial charge is 0.394 e. The number of allylic oxidation sites excluding steroid dienone is 3. The fourth-order valence-electron chi connectivity index (χ4n) is 7.16. The van der Waals surface area contributed by atoms with Crippen molar-refractivity contribution in [2.75, 3.05) is 6.61 Å². The number of carbonyl (C=O) groups excluding carboxylic acids is 1. The molecule has 0 aromatic carbocycles. The van der Waals surface area contributed by atoms with Gasteiger partial charge in [0.1, 0.15) is 0 Å². The highest BCUT2D eigenvalue weighted by molar-refractivity contribution is 5.76. The standard InChI is InChI=1S/C47H91NO4/c1-3-5-7-9-11-13-15-17-19-21-23-24-26-28-30-32-34-36-38-40-44(50)42-47(52)48-45(43-49)46(51)41-39-37-35-33-31-29-27-25-22-20-18-16-14-12-10-8-6-4-2/h24,26,39,41,44-46,49-51H,3-23,25,27-38,40,42-43H2,1-2H3,(H,48,52)/b26-24-,41-39+. The van der Waals surface area contributed by atoms with E-state index in [0.717, 1.165) is 38.5 Å². The first-order chi connectivity index (χ1) is 25.5. The molecule has 0 saturated heterocycles. The quantitative estimate of drug-likeness (QED) is 0.0371. The Bertz CT molecular complexity index is 768. The molecule has 0 aliphatic heterocycles. The van der Waals surface area contributed by atoms with E-state index in [9.17, 15) is 20.1 Å². The van der Waals surface area contributed by atoms with Crippen LogP contribution in [0.3, 0.4) is 0 Å². The van der Waals surface area contributed by atoms with Gasteiger partial charge in [0.25, 0.3) is 0 Å². The Morgan fingerprint density at radius 3 is 1.17 bits per heavy atom. The molecule has 0 aromatic heterocycles. The molecule has 0 heterocycles. The molecule has 3 atom stereocenters. The van der Waals surface area contributed by atoms with E-state index in [1.54, 1.807) is 6.08 Å². The van der Waals surface area contributed by atoms with E-state index < -0.39 is 18.2 Å². The molecule has 5 nitrogen and oxygen atoms in total. The number of aliphatic hydroxyl groups excluding tert-OH is 3. The smallest absolute Gasteiger partial charge is 0.222 e. The molecule has 5 heteroatoms. The Balaban J connectivity index is 3.66. The Kier molecular flexibility index (Phi) is 41.6. The van der Waals surface area contributed by atoms with Crippen molar-refractivity contribution < 1.29 is 20.1 Å². The summed E-state index contributed by atoms with van der Waals surface area (Å²) < 4.78 is 0. The van der Waals surface area contributed by atoms with Crippen molar-refractivity contribution in [2.24, 2.45) is 0 Å². The molecule has 0 radical (unpaired) electrons. The Labute approximate surface area is 324 Å². The lowest BCUT2D eigenvalue weighted by Gasteiger charge is -2.21. The van der Waals surface area contributed by atoms with Crippen molar-refractivity contribution in [1.82, 2.24) is 5.32 Å². The van der Waals surface area contributed by atoms with E-state index in [4.69, 9.17) is 0 Å². The summed E-state index contributed by atoms with van der Waals surface area (Å²) >= 11 is 0. The van der Waals surface area contributed by atoms with Gasteiger partial charge in [-0.05, 0) is 44.9 Å². The van der Waals surface area contributed by atoms with Gasteiger partial charge < -0.3 is 20.6 Å². The highest BCUT2D eigenvalue weighted by Crippen LogP contribution is 2.16. The molecule has 52 heavy (non-hydrogen) atoms. The highest BCUT2D eigenvalue weighted by atomic mass is 16.3. The minimum absolute atomic E-state index is 0.00989. The van der Waals surface area contributed by atoms with E-state index >= 15 is 0 Å². The average molecular weight is 734 g/mol. The van der Waals surface area contributed by atoms with Crippen molar-refractivity contribution in [3.63, 3.8) is 0 Å². The van der Waals surface area contributed by atoms with Crippen LogP contribution >= 0.6 is 0 Å². The van der Waals surface area contributed by atoms with Crippen LogP contribution in [0, 0.1) is 0 Å². The first-order valence-corrected chi connectivity index (χ1v) is 23.1. The fourth-order valence-corrected chi connectivity index (χ4v) is 7.16. The van der Waals surface area contributed by atoms with Crippen LogP contribution in [0.4, 0.5) is 0 Å². The van der Waals surface area contributed by atoms with Crippen molar-refractivity contribution in [3.8, 4) is 0 Å². The van der Waals surface area contributed by atoms with Crippen LogP contribution in [-0.4, -0.2) is 46.1 Å². The number of carbonyl (C=O) groups is 1. The third-order valence-electron chi connectivity index (χ3n) is 10.7. The minimum Gasteiger partial charge on any atom is -0.394 e. The van der Waals surface area contributed by atoms with Gasteiger partial charge in [0.15, 0.2) is 0 Å². The zero-order chi connectivity index (χ0) is 38.0. The third-order valence-corrected chi connectivity index (χ3v) is 10.7. The van der Waals surface area contributed by atoms with E-state index in [1.165, 1.54) is 180 Å². The van der Waals surface area contributed by atoms with E-state index in [1.807, 2.05) is 6.08 Å². The van der Waals surface area contributed by atoms with Crippen LogP contribution in [0.25, 0.3) is 0 Å². The summed E-state index contributed by atoms with van der Waals surface area (Å²) in [5.74, 6) is -0.318. The molecule has 0 aliphatic carbocycles. The molecule has 0 aromatic rings. The number of nitrogens with one attached hydrogen (secondary N) is 1. The lowest BCUT2D eigenvalue weighted by Crippen LogP contribution is -2.45. The second-order valence-electron chi connectivity index (χ2n) is 16.0. The summed E-state index contributed by atoms with van der Waals surface area (Å²) in [5, 5.41) is 33.3. The monoisotopic (exact) mass is 734 g/mol. The molecule has 0 spiro atoms. The Morgan fingerprint density at radius 2 is 0.808 bits per heavy atom. The van der Waals surface area contributed by atoms with Gasteiger partial charge in [0, 0.05) is 0 Å². The highest BCUT2D eigenvalue weighted by Gasteiger charge is 2.20. The fraction of sp³-hybridized carbons (Fsp3) is 0.894. The molecule has 1 amide bonds. The molecule has 0 saturated carbocycles. The molecular weight excluding hydrogens is 643 g/mol. The molecule has 3 unspecified atom stereocenters. The second-order valence-corrected chi connectivity index (χ2v) is 16.0. The normalized spacial score (nSPS) is 13.7. The molecule has 0 bridgehead atoms. The summed E-state index contributed by atoms with van der Waals surface area (Å²) in [6.45, 7) is 4.23. The van der Waals surface area contributed by atoms with Crippen LogP contribution in [0.15, 0.2) is 24.3 Å². The van der Waals surface area contributed by atoms with Gasteiger partial charge in [-0.25, -0.2) is 0 Å². The molecule has 0 fully saturated rings. The predicted molar refractivity (Wildman–Crippen MR) is 227 cm³/mol. The summed E-state index contributed by atoms with van der Waals surface area (Å²) in [6, 6.07) is -0.745. The van der Waals surface area contributed by atoms with Crippen LogP contribution in [0.2, 0.25) is 0 Å². The van der Waals surface area contributed by atoms with E-state index in [2.05, 4.69) is 31.3 Å². The maximum atomic E-state index is 12.4. The van der Waals surface area contributed by atoms with Crippen molar-refractivity contribution in [3.05, 3.63) is 24.3 Å². The SMILES string of the molecule is CCCCCCCCCCCC/C=C\CCCCCCCC(O)CC(=O)NC(CO)C(O)/C=C/CCCCCCCCCCCCCCCCCC. The van der Waals surface area contributed by atoms with Crippen LogP contribution in [-0.2, 0) is 4.79 Å². The lowest BCUT2D eigenvalue weighted by atomic mass is 10.0. The lowest BCUT2D eigenvalue weighted by molar-refractivity contribution is -0.124. The summed E-state index contributed by atoms with van der Waals surface area (Å²) in [4.78, 5) is 12.4. The van der Waals surface area contributed by atoms with Gasteiger partial charge >= 0.3 is 0 Å². The van der Waals surface area contributed by atoms with Gasteiger partial charge in [0.2, 0.25) is 5.91 Å². The molecule has 0 aliphatic rings. The van der Waals surface area contributed by atoms with Gasteiger partial charge in [-0.1, -0.05) is 218 Å². The molecule has 308 valence electrons. The summed E-state index contributed by atoms with van der Waals surface area (Å²) in [7, 11) is 0. The first-order valence-electron chi connectivity index (χ1n) is 23.1. The third kappa shape index (κ3) is 38.6. The second kappa shape index (κ2) is 42.6. The molecule has 4 N–H and O–H groups in total. The number of hydrogen-bond acceptors (Lipinski definition) is 4. The molecule has 0 rings (SSSR count). The summed E-state index contributed by atoms with van der Waals surface area (Å²) in [5.41, 5.74) is 0. The number of hydrogen-bond donors (Lipinski definition) is 4. The number of rotatable bonds is 42. The topological polar surface area (TPSA) is 89.8 Å². The van der Waals surface area contributed by atoms with E-state index in [-0.39, 0.29) is 18.9 Å². The van der Waals surface area contributed by atoms with Crippen molar-refractivity contribution in [2.45, 2.75) is 263 Å². The first kappa shape index (κ1) is 50.8. The van der Waals surface area contributed by atoms with Gasteiger partial charge in [-0.15, -0.1) is 0 Å².